The molecule has 6 nitrogen and oxygen atoms in total. The summed E-state index contributed by atoms with van der Waals surface area (Å²) in [5.41, 5.74) is 3.47. The standard InChI is InChI=1S/C33H28FNO5/c34-27-14-12-26(13-15-27)32(36)28-16-11-25(18-35)17-29(28)33-39-30(21-37-19-23-7-3-1-4-8-23)31(40-33)22-38-20-24-9-5-2-6-10-24/h1-17,30-31,33H,19-22H2/t30-,31-/m1/s1. The summed E-state index contributed by atoms with van der Waals surface area (Å²) in [4.78, 5) is 13.4. The van der Waals surface area contributed by atoms with E-state index < -0.39 is 24.3 Å². The van der Waals surface area contributed by atoms with E-state index in [4.69, 9.17) is 18.9 Å². The largest absolute Gasteiger partial charge is 0.374 e. The van der Waals surface area contributed by atoms with Crippen LogP contribution in [0.5, 0.6) is 0 Å². The van der Waals surface area contributed by atoms with Crippen LogP contribution in [0, 0.1) is 17.1 Å². The van der Waals surface area contributed by atoms with Gasteiger partial charge in [-0.2, -0.15) is 5.26 Å². The van der Waals surface area contributed by atoms with Gasteiger partial charge in [-0.25, -0.2) is 4.39 Å². The van der Waals surface area contributed by atoms with E-state index in [0.29, 0.717) is 35.5 Å². The molecule has 1 heterocycles. The molecule has 1 aliphatic rings. The fourth-order valence-corrected chi connectivity index (χ4v) is 4.49. The third kappa shape index (κ3) is 6.87. The molecule has 0 spiro atoms. The molecule has 0 aliphatic carbocycles. The number of carbonyl (C=O) groups is 1. The molecule has 0 saturated carbocycles. The Labute approximate surface area is 232 Å². The van der Waals surface area contributed by atoms with Gasteiger partial charge in [0, 0.05) is 16.7 Å². The summed E-state index contributed by atoms with van der Waals surface area (Å²) in [7, 11) is 0. The van der Waals surface area contributed by atoms with Gasteiger partial charge in [0.2, 0.25) is 0 Å². The van der Waals surface area contributed by atoms with Crippen molar-refractivity contribution >= 4 is 5.78 Å². The van der Waals surface area contributed by atoms with Gasteiger partial charge >= 0.3 is 0 Å². The molecule has 0 amide bonds. The van der Waals surface area contributed by atoms with Crippen molar-refractivity contribution in [2.45, 2.75) is 31.7 Å². The number of nitrogens with zero attached hydrogens (tertiary/aromatic N) is 1. The van der Waals surface area contributed by atoms with Crippen LogP contribution in [0.25, 0.3) is 0 Å². The number of benzene rings is 4. The Kier molecular flexibility index (Phi) is 9.07. The van der Waals surface area contributed by atoms with Crippen LogP contribution in [0.4, 0.5) is 4.39 Å². The number of ether oxygens (including phenoxy) is 4. The Bertz CT molecular complexity index is 1400. The lowest BCUT2D eigenvalue weighted by Crippen LogP contribution is -2.31. The van der Waals surface area contributed by atoms with Gasteiger partial charge < -0.3 is 18.9 Å². The van der Waals surface area contributed by atoms with Crippen LogP contribution in [0.3, 0.4) is 0 Å². The summed E-state index contributed by atoms with van der Waals surface area (Å²) < 4.78 is 38.0. The van der Waals surface area contributed by atoms with Gasteiger partial charge in [-0.3, -0.25) is 4.79 Å². The van der Waals surface area contributed by atoms with E-state index in [2.05, 4.69) is 6.07 Å². The predicted molar refractivity (Wildman–Crippen MR) is 146 cm³/mol. The average Bonchev–Trinajstić information content (AvgIpc) is 3.40. The summed E-state index contributed by atoms with van der Waals surface area (Å²) >= 11 is 0. The van der Waals surface area contributed by atoms with Gasteiger partial charge in [-0.1, -0.05) is 60.7 Å². The Morgan fingerprint density at radius 2 is 1.32 bits per heavy atom. The van der Waals surface area contributed by atoms with Crippen LogP contribution in [0.2, 0.25) is 0 Å². The van der Waals surface area contributed by atoms with Gasteiger partial charge in [0.1, 0.15) is 18.0 Å². The first kappa shape index (κ1) is 27.4. The minimum absolute atomic E-state index is 0.240. The van der Waals surface area contributed by atoms with Gasteiger partial charge in [-0.15, -0.1) is 0 Å². The highest BCUT2D eigenvalue weighted by Crippen LogP contribution is 2.35. The average molecular weight is 538 g/mol. The highest BCUT2D eigenvalue weighted by atomic mass is 19.1. The van der Waals surface area contributed by atoms with E-state index in [1.807, 2.05) is 60.7 Å². The second kappa shape index (κ2) is 13.2. The van der Waals surface area contributed by atoms with Crippen molar-refractivity contribution in [2.24, 2.45) is 0 Å². The Morgan fingerprint density at radius 3 is 1.85 bits per heavy atom. The second-order valence-electron chi connectivity index (χ2n) is 9.43. The molecule has 1 saturated heterocycles. The molecule has 1 fully saturated rings. The van der Waals surface area contributed by atoms with Crippen LogP contribution >= 0.6 is 0 Å². The molecule has 40 heavy (non-hydrogen) atoms. The molecule has 5 rings (SSSR count). The molecular formula is C33H28FNO5. The fraction of sp³-hybridized carbons (Fsp3) is 0.212. The molecule has 0 unspecified atom stereocenters. The van der Waals surface area contributed by atoms with Crippen molar-refractivity contribution in [2.75, 3.05) is 13.2 Å². The van der Waals surface area contributed by atoms with Crippen LogP contribution in [-0.4, -0.2) is 31.2 Å². The number of halogens is 1. The molecule has 202 valence electrons. The first-order valence-electron chi connectivity index (χ1n) is 13.0. The Morgan fingerprint density at radius 1 is 0.775 bits per heavy atom. The van der Waals surface area contributed by atoms with Crippen molar-refractivity contribution in [1.82, 2.24) is 0 Å². The lowest BCUT2D eigenvalue weighted by atomic mass is 9.96. The van der Waals surface area contributed by atoms with Crippen LogP contribution < -0.4 is 0 Å². The normalized spacial score (nSPS) is 17.0. The van der Waals surface area contributed by atoms with Crippen LogP contribution in [0.15, 0.2) is 103 Å². The van der Waals surface area contributed by atoms with E-state index in [-0.39, 0.29) is 19.0 Å². The van der Waals surface area contributed by atoms with Crippen molar-refractivity contribution in [3.8, 4) is 6.07 Å². The van der Waals surface area contributed by atoms with Gasteiger partial charge in [-0.05, 0) is 53.6 Å². The zero-order valence-electron chi connectivity index (χ0n) is 21.7. The second-order valence-corrected chi connectivity index (χ2v) is 9.43. The summed E-state index contributed by atoms with van der Waals surface area (Å²) in [5, 5.41) is 9.54. The van der Waals surface area contributed by atoms with E-state index in [1.54, 1.807) is 18.2 Å². The van der Waals surface area contributed by atoms with E-state index in [0.717, 1.165) is 11.1 Å². The molecule has 0 aromatic heterocycles. The number of nitriles is 1. The first-order valence-corrected chi connectivity index (χ1v) is 13.0. The minimum atomic E-state index is -0.927. The summed E-state index contributed by atoms with van der Waals surface area (Å²) in [6, 6.07) is 31.8. The number of rotatable bonds is 11. The highest BCUT2D eigenvalue weighted by molar-refractivity contribution is 6.10. The number of hydrogen-bond acceptors (Lipinski definition) is 6. The molecule has 0 N–H and O–H groups in total. The molecule has 2 atom stereocenters. The third-order valence-electron chi connectivity index (χ3n) is 6.58. The Hall–Kier alpha value is -4.19. The van der Waals surface area contributed by atoms with Gasteiger partial charge in [0.05, 0.1) is 38.1 Å². The van der Waals surface area contributed by atoms with E-state index in [9.17, 15) is 14.4 Å². The quantitative estimate of drug-likeness (QED) is 0.214. The zero-order valence-corrected chi connectivity index (χ0v) is 21.7. The van der Waals surface area contributed by atoms with Crippen LogP contribution in [-0.2, 0) is 32.2 Å². The molecule has 0 radical (unpaired) electrons. The lowest BCUT2D eigenvalue weighted by Gasteiger charge is -2.17. The summed E-state index contributed by atoms with van der Waals surface area (Å²) in [5.74, 6) is -0.761. The monoisotopic (exact) mass is 537 g/mol. The predicted octanol–water partition coefficient (Wildman–Crippen LogP) is 6.14. The molecular weight excluding hydrogens is 509 g/mol. The summed E-state index contributed by atoms with van der Waals surface area (Å²) in [6.45, 7) is 1.29. The van der Waals surface area contributed by atoms with Gasteiger partial charge in [0.25, 0.3) is 0 Å². The Balaban J connectivity index is 1.35. The van der Waals surface area contributed by atoms with Crippen LogP contribution in [0.1, 0.15) is 44.5 Å². The SMILES string of the molecule is N#Cc1ccc(C(=O)c2ccc(F)cc2)c(C2O[C@H](COCc3ccccc3)[C@@H](COCc3ccccc3)O2)c1. The fourth-order valence-electron chi connectivity index (χ4n) is 4.49. The lowest BCUT2D eigenvalue weighted by molar-refractivity contribution is -0.0840. The zero-order chi connectivity index (χ0) is 27.7. The first-order chi connectivity index (χ1) is 19.6. The van der Waals surface area contributed by atoms with E-state index >= 15 is 0 Å². The smallest absolute Gasteiger partial charge is 0.193 e. The van der Waals surface area contributed by atoms with E-state index in [1.165, 1.54) is 24.3 Å². The van der Waals surface area contributed by atoms with Crippen molar-refractivity contribution in [1.29, 1.82) is 5.26 Å². The van der Waals surface area contributed by atoms with Crippen molar-refractivity contribution in [3.63, 3.8) is 0 Å². The minimum Gasteiger partial charge on any atom is -0.374 e. The maximum absolute atomic E-state index is 13.5. The molecule has 0 bridgehead atoms. The molecule has 4 aromatic rings. The van der Waals surface area contributed by atoms with Crippen molar-refractivity contribution in [3.05, 3.63) is 142 Å². The number of ketones is 1. The van der Waals surface area contributed by atoms with Gasteiger partial charge in [0.15, 0.2) is 12.1 Å². The number of hydrogen-bond donors (Lipinski definition) is 0. The molecule has 4 aromatic carbocycles. The third-order valence-corrected chi connectivity index (χ3v) is 6.58. The number of carbonyl (C=O) groups excluding carboxylic acids is 1. The molecule has 1 aliphatic heterocycles. The summed E-state index contributed by atoms with van der Waals surface area (Å²) in [6.07, 6.45) is -1.89. The van der Waals surface area contributed by atoms with Crippen molar-refractivity contribution < 1.29 is 28.1 Å². The topological polar surface area (TPSA) is 77.8 Å². The maximum atomic E-state index is 13.5. The maximum Gasteiger partial charge on any atom is 0.193 e. The highest BCUT2D eigenvalue weighted by Gasteiger charge is 2.39. The molecule has 7 heteroatoms.